The van der Waals surface area contributed by atoms with E-state index in [1.54, 1.807) is 0 Å². The third-order valence-corrected chi connectivity index (χ3v) is 13.2. The van der Waals surface area contributed by atoms with E-state index in [9.17, 15) is 20.4 Å². The Morgan fingerprint density at radius 3 is 2.40 bits per heavy atom. The van der Waals surface area contributed by atoms with Gasteiger partial charge < -0.3 is 29.9 Å². The van der Waals surface area contributed by atoms with Crippen molar-refractivity contribution in [3.63, 3.8) is 0 Å². The van der Waals surface area contributed by atoms with Crippen molar-refractivity contribution in [2.24, 2.45) is 46.3 Å². The van der Waals surface area contributed by atoms with Gasteiger partial charge >= 0.3 is 0 Å². The van der Waals surface area contributed by atoms with Crippen LogP contribution in [0, 0.1) is 46.3 Å². The van der Waals surface area contributed by atoms with Crippen molar-refractivity contribution >= 4 is 0 Å². The van der Waals surface area contributed by atoms with Crippen molar-refractivity contribution in [1.29, 1.82) is 0 Å². The monoisotopic (exact) mass is 562 g/mol. The molecule has 5 aliphatic rings. The van der Waals surface area contributed by atoms with E-state index in [1.165, 1.54) is 63.4 Å². The van der Waals surface area contributed by atoms with Crippen LogP contribution >= 0.6 is 0 Å². The molecule has 4 fully saturated rings. The normalized spacial score (nSPS) is 47.8. The molecule has 0 aromatic carbocycles. The standard InChI is InChI=1S/C34H58O6/c1-6-21(7-2)9-8-20(3)25-12-13-26-24-11-10-22-18-23(14-16-33(22,4)27(24)15-17-34(25,26)5)39-32-31(38)30(37)29(36)28(19-35)40-32/h10,20-21,23-32,35-38H,6-9,11-19H2,1-5H3/t20?,23-,24?,25+,26?,27?,28+,29+,30-,31+,32+,33-,34+/m0/s1. The summed E-state index contributed by atoms with van der Waals surface area (Å²) in [6.45, 7) is 12.0. The van der Waals surface area contributed by atoms with Crippen LogP contribution in [0.4, 0.5) is 0 Å². The predicted octanol–water partition coefficient (Wildman–Crippen LogP) is 5.60. The van der Waals surface area contributed by atoms with Crippen molar-refractivity contribution in [2.45, 2.75) is 148 Å². The summed E-state index contributed by atoms with van der Waals surface area (Å²) in [5.41, 5.74) is 2.20. The van der Waals surface area contributed by atoms with E-state index in [4.69, 9.17) is 9.47 Å². The highest BCUT2D eigenvalue weighted by atomic mass is 16.7. The molecule has 1 saturated heterocycles. The molecule has 1 heterocycles. The molecule has 0 aromatic heterocycles. The Labute approximate surface area is 242 Å². The van der Waals surface area contributed by atoms with Gasteiger partial charge in [0.05, 0.1) is 12.7 Å². The molecule has 40 heavy (non-hydrogen) atoms. The smallest absolute Gasteiger partial charge is 0.186 e. The lowest BCUT2D eigenvalue weighted by atomic mass is 9.47. The first-order chi connectivity index (χ1) is 19.1. The maximum absolute atomic E-state index is 10.5. The summed E-state index contributed by atoms with van der Waals surface area (Å²) in [7, 11) is 0. The summed E-state index contributed by atoms with van der Waals surface area (Å²) in [6.07, 6.45) is 11.3. The lowest BCUT2D eigenvalue weighted by Gasteiger charge is -2.58. The van der Waals surface area contributed by atoms with Gasteiger partial charge in [-0.3, -0.25) is 0 Å². The molecule has 0 amide bonds. The van der Waals surface area contributed by atoms with E-state index in [-0.39, 0.29) is 11.5 Å². The Morgan fingerprint density at radius 2 is 1.70 bits per heavy atom. The zero-order valence-corrected chi connectivity index (χ0v) is 25.8. The average molecular weight is 563 g/mol. The second-order valence-corrected chi connectivity index (χ2v) is 14.9. The third kappa shape index (κ3) is 5.36. The van der Waals surface area contributed by atoms with Crippen LogP contribution in [0.5, 0.6) is 0 Å². The van der Waals surface area contributed by atoms with Gasteiger partial charge in [-0.2, -0.15) is 0 Å². The minimum atomic E-state index is -1.39. The van der Waals surface area contributed by atoms with Crippen molar-refractivity contribution in [2.75, 3.05) is 6.61 Å². The molecule has 3 saturated carbocycles. The molecule has 0 spiro atoms. The van der Waals surface area contributed by atoms with Crippen LogP contribution in [-0.4, -0.2) is 63.8 Å². The summed E-state index contributed by atoms with van der Waals surface area (Å²) in [6, 6.07) is 0. The number of hydrogen-bond acceptors (Lipinski definition) is 6. The quantitative estimate of drug-likeness (QED) is 0.273. The molecule has 4 N–H and O–H groups in total. The first-order valence-corrected chi connectivity index (χ1v) is 16.7. The number of hydrogen-bond donors (Lipinski definition) is 4. The van der Waals surface area contributed by atoms with E-state index >= 15 is 0 Å². The fraction of sp³-hybridized carbons (Fsp3) is 0.941. The predicted molar refractivity (Wildman–Crippen MR) is 156 cm³/mol. The number of ether oxygens (including phenoxy) is 2. The maximum atomic E-state index is 10.5. The number of rotatable bonds is 9. The topological polar surface area (TPSA) is 99.4 Å². The molecule has 6 nitrogen and oxygen atoms in total. The zero-order valence-electron chi connectivity index (χ0n) is 25.8. The van der Waals surface area contributed by atoms with Gasteiger partial charge in [0.25, 0.3) is 0 Å². The van der Waals surface area contributed by atoms with Gasteiger partial charge in [0, 0.05) is 0 Å². The summed E-state index contributed by atoms with van der Waals surface area (Å²) in [4.78, 5) is 0. The third-order valence-electron chi connectivity index (χ3n) is 13.2. The van der Waals surface area contributed by atoms with E-state index in [2.05, 4.69) is 40.7 Å². The molecular formula is C34H58O6. The summed E-state index contributed by atoms with van der Waals surface area (Å²) in [5.74, 6) is 4.94. The minimum Gasteiger partial charge on any atom is -0.394 e. The van der Waals surface area contributed by atoms with Gasteiger partial charge in [0.1, 0.15) is 24.4 Å². The van der Waals surface area contributed by atoms with Crippen LogP contribution in [0.25, 0.3) is 0 Å². The molecule has 1 aliphatic heterocycles. The van der Waals surface area contributed by atoms with E-state index in [1.807, 2.05) is 0 Å². The van der Waals surface area contributed by atoms with E-state index in [0.717, 1.165) is 54.8 Å². The average Bonchev–Trinajstić information content (AvgIpc) is 3.31. The van der Waals surface area contributed by atoms with Crippen molar-refractivity contribution in [1.82, 2.24) is 0 Å². The van der Waals surface area contributed by atoms with Crippen molar-refractivity contribution < 1.29 is 29.9 Å². The van der Waals surface area contributed by atoms with Crippen LogP contribution in [0.2, 0.25) is 0 Å². The van der Waals surface area contributed by atoms with Crippen molar-refractivity contribution in [3.8, 4) is 0 Å². The largest absolute Gasteiger partial charge is 0.394 e. The molecule has 0 radical (unpaired) electrons. The van der Waals surface area contributed by atoms with E-state index < -0.39 is 37.3 Å². The van der Waals surface area contributed by atoms with Crippen LogP contribution in [0.1, 0.15) is 112 Å². The molecule has 6 heteroatoms. The second kappa shape index (κ2) is 12.2. The second-order valence-electron chi connectivity index (χ2n) is 14.9. The first kappa shape index (κ1) is 30.9. The highest BCUT2D eigenvalue weighted by Crippen LogP contribution is 2.67. The first-order valence-electron chi connectivity index (χ1n) is 16.7. The number of aliphatic hydroxyl groups excluding tert-OH is 4. The molecule has 5 rings (SSSR count). The molecule has 4 unspecified atom stereocenters. The molecule has 230 valence electrons. The summed E-state index contributed by atoms with van der Waals surface area (Å²) < 4.78 is 11.9. The SMILES string of the molecule is CCC(CC)CCC(C)[C@H]1CCC2C3CC=C4C[C@@H](O[C@@H]5O[C@H](CO)[C@@H](O)[C@H](O)[C@H]5O)CC[C@]4(C)C3CC[C@@]21C. The molecule has 0 bridgehead atoms. The van der Waals surface area contributed by atoms with Crippen LogP contribution < -0.4 is 0 Å². The fourth-order valence-corrected chi connectivity index (χ4v) is 10.5. The van der Waals surface area contributed by atoms with Gasteiger partial charge in [0.2, 0.25) is 0 Å². The number of aliphatic hydroxyl groups is 4. The summed E-state index contributed by atoms with van der Waals surface area (Å²) in [5, 5.41) is 40.4. The lowest BCUT2D eigenvalue weighted by molar-refractivity contribution is -0.313. The highest BCUT2D eigenvalue weighted by Gasteiger charge is 2.59. The molecule has 13 atom stereocenters. The Morgan fingerprint density at radius 1 is 0.950 bits per heavy atom. The Kier molecular flexibility index (Phi) is 9.47. The van der Waals surface area contributed by atoms with Gasteiger partial charge in [0.15, 0.2) is 6.29 Å². The summed E-state index contributed by atoms with van der Waals surface area (Å²) >= 11 is 0. The van der Waals surface area contributed by atoms with Gasteiger partial charge in [-0.1, -0.05) is 72.0 Å². The lowest BCUT2D eigenvalue weighted by Crippen LogP contribution is -2.60. The van der Waals surface area contributed by atoms with Gasteiger partial charge in [-0.05, 0) is 97.7 Å². The fourth-order valence-electron chi connectivity index (χ4n) is 10.5. The Hall–Kier alpha value is -0.500. The van der Waals surface area contributed by atoms with Crippen molar-refractivity contribution in [3.05, 3.63) is 11.6 Å². The molecular weight excluding hydrogens is 504 g/mol. The number of fused-ring (bicyclic) bond motifs is 5. The van der Waals surface area contributed by atoms with Crippen LogP contribution in [0.3, 0.4) is 0 Å². The Balaban J connectivity index is 1.24. The molecule has 0 aromatic rings. The zero-order chi connectivity index (χ0) is 28.8. The van der Waals surface area contributed by atoms with Crippen LogP contribution in [0.15, 0.2) is 11.6 Å². The number of allylic oxidation sites excluding steroid dienone is 1. The highest BCUT2D eigenvalue weighted by molar-refractivity contribution is 5.25. The maximum Gasteiger partial charge on any atom is 0.186 e. The van der Waals surface area contributed by atoms with E-state index in [0.29, 0.717) is 5.41 Å². The Bertz CT molecular complexity index is 886. The minimum absolute atomic E-state index is 0.0991. The van der Waals surface area contributed by atoms with Crippen LogP contribution in [-0.2, 0) is 9.47 Å². The molecule has 4 aliphatic carbocycles. The van der Waals surface area contributed by atoms with Gasteiger partial charge in [-0.15, -0.1) is 0 Å². The van der Waals surface area contributed by atoms with Gasteiger partial charge in [-0.25, -0.2) is 0 Å².